The fraction of sp³-hybridized carbons (Fsp3) is 0.375. The molecule has 12 heavy (non-hydrogen) atoms. The van der Waals surface area contributed by atoms with E-state index in [1.165, 1.54) is 17.4 Å². The van der Waals surface area contributed by atoms with Crippen molar-refractivity contribution in [3.63, 3.8) is 0 Å². The van der Waals surface area contributed by atoms with Crippen LogP contribution in [0.5, 0.6) is 5.75 Å². The van der Waals surface area contributed by atoms with Crippen molar-refractivity contribution in [2.24, 2.45) is 0 Å². The van der Waals surface area contributed by atoms with Gasteiger partial charge in [0.25, 0.3) is 0 Å². The van der Waals surface area contributed by atoms with E-state index >= 15 is 0 Å². The number of rotatable bonds is 3. The summed E-state index contributed by atoms with van der Waals surface area (Å²) in [4.78, 5) is 11.4. The van der Waals surface area contributed by atoms with E-state index in [0.29, 0.717) is 6.61 Å². The summed E-state index contributed by atoms with van der Waals surface area (Å²) in [5.41, 5.74) is 0. The first kappa shape index (κ1) is 9.06. The zero-order valence-corrected chi connectivity index (χ0v) is 7.56. The Bertz CT molecular complexity index is 267. The summed E-state index contributed by atoms with van der Waals surface area (Å²) in [7, 11) is 0. The Labute approximate surface area is 74.6 Å². The first-order valence-corrected chi connectivity index (χ1v) is 4.57. The van der Waals surface area contributed by atoms with Gasteiger partial charge in [-0.2, -0.15) is 0 Å². The Kier molecular flexibility index (Phi) is 3.10. The fourth-order valence-corrected chi connectivity index (χ4v) is 1.39. The zero-order valence-electron chi connectivity index (χ0n) is 6.74. The van der Waals surface area contributed by atoms with Crippen molar-refractivity contribution in [2.75, 3.05) is 6.61 Å². The van der Waals surface area contributed by atoms with Gasteiger partial charge in [-0.05, 0) is 17.9 Å². The van der Waals surface area contributed by atoms with Crippen molar-refractivity contribution < 1.29 is 14.6 Å². The standard InChI is InChI=1S/C8H10O3S/c1-2-4-11-8(10)7-6(9)3-5-12-7/h3,5,9H,2,4H2,1H3. The van der Waals surface area contributed by atoms with Crippen LogP contribution in [0.4, 0.5) is 0 Å². The lowest BCUT2D eigenvalue weighted by Gasteiger charge is -1.99. The van der Waals surface area contributed by atoms with Crippen LogP contribution in [0.3, 0.4) is 0 Å². The van der Waals surface area contributed by atoms with Gasteiger partial charge >= 0.3 is 5.97 Å². The van der Waals surface area contributed by atoms with Crippen molar-refractivity contribution >= 4 is 17.3 Å². The number of carbonyl (C=O) groups excluding carboxylic acids is 1. The first-order chi connectivity index (χ1) is 5.75. The fourth-order valence-electron chi connectivity index (χ4n) is 0.716. The van der Waals surface area contributed by atoms with E-state index in [-0.39, 0.29) is 10.6 Å². The number of ether oxygens (including phenoxy) is 1. The molecule has 0 radical (unpaired) electrons. The quantitative estimate of drug-likeness (QED) is 0.734. The highest BCUT2D eigenvalue weighted by atomic mass is 32.1. The van der Waals surface area contributed by atoms with E-state index in [1.807, 2.05) is 6.92 Å². The van der Waals surface area contributed by atoms with E-state index in [0.717, 1.165) is 6.42 Å². The molecule has 1 aromatic rings. The molecule has 0 atom stereocenters. The number of esters is 1. The van der Waals surface area contributed by atoms with Crippen molar-refractivity contribution in [3.05, 3.63) is 16.3 Å². The summed E-state index contributed by atoms with van der Waals surface area (Å²) in [6.45, 7) is 2.32. The van der Waals surface area contributed by atoms with Gasteiger partial charge in [0.1, 0.15) is 5.75 Å². The molecular weight excluding hydrogens is 176 g/mol. The lowest BCUT2D eigenvalue weighted by atomic mass is 10.4. The molecule has 3 nitrogen and oxygen atoms in total. The molecule has 0 amide bonds. The molecule has 0 bridgehead atoms. The smallest absolute Gasteiger partial charge is 0.352 e. The molecule has 0 aliphatic heterocycles. The molecule has 1 N–H and O–H groups in total. The predicted molar refractivity (Wildman–Crippen MR) is 46.6 cm³/mol. The predicted octanol–water partition coefficient (Wildman–Crippen LogP) is 2.02. The van der Waals surface area contributed by atoms with Gasteiger partial charge in [-0.3, -0.25) is 0 Å². The van der Waals surface area contributed by atoms with Crippen LogP contribution in [-0.2, 0) is 4.74 Å². The molecule has 1 heterocycles. The average Bonchev–Trinajstić information content (AvgIpc) is 2.47. The third-order valence-corrected chi connectivity index (χ3v) is 2.15. The van der Waals surface area contributed by atoms with Gasteiger partial charge in [0, 0.05) is 0 Å². The van der Waals surface area contributed by atoms with Crippen molar-refractivity contribution in [2.45, 2.75) is 13.3 Å². The van der Waals surface area contributed by atoms with Gasteiger partial charge in [0.15, 0.2) is 4.88 Å². The maximum Gasteiger partial charge on any atom is 0.352 e. The maximum atomic E-state index is 11.1. The second-order valence-corrected chi connectivity index (χ2v) is 3.19. The van der Waals surface area contributed by atoms with Crippen molar-refractivity contribution in [1.82, 2.24) is 0 Å². The second-order valence-electron chi connectivity index (χ2n) is 2.27. The molecule has 0 fully saturated rings. The van der Waals surface area contributed by atoms with E-state index in [2.05, 4.69) is 0 Å². The SMILES string of the molecule is CCCOC(=O)c1sccc1O. The lowest BCUT2D eigenvalue weighted by molar-refractivity contribution is 0.0508. The summed E-state index contributed by atoms with van der Waals surface area (Å²) in [6.07, 6.45) is 0.790. The first-order valence-electron chi connectivity index (χ1n) is 3.69. The van der Waals surface area contributed by atoms with Gasteiger partial charge in [-0.1, -0.05) is 6.92 Å². The Morgan fingerprint density at radius 2 is 2.50 bits per heavy atom. The number of hydrogen-bond acceptors (Lipinski definition) is 4. The minimum atomic E-state index is -0.440. The molecule has 0 aromatic carbocycles. The molecule has 1 aromatic heterocycles. The number of thiophene rings is 1. The number of carbonyl (C=O) groups is 1. The van der Waals surface area contributed by atoms with Crippen LogP contribution in [0.1, 0.15) is 23.0 Å². The molecule has 4 heteroatoms. The third-order valence-electron chi connectivity index (χ3n) is 1.27. The highest BCUT2D eigenvalue weighted by molar-refractivity contribution is 7.12. The summed E-state index contributed by atoms with van der Waals surface area (Å²) in [6, 6.07) is 1.48. The summed E-state index contributed by atoms with van der Waals surface area (Å²) in [5.74, 6) is -0.439. The minimum Gasteiger partial charge on any atom is -0.506 e. The molecule has 0 unspecified atom stereocenters. The lowest BCUT2D eigenvalue weighted by Crippen LogP contribution is -2.03. The largest absolute Gasteiger partial charge is 0.506 e. The van der Waals surface area contributed by atoms with Crippen LogP contribution in [-0.4, -0.2) is 17.7 Å². The van der Waals surface area contributed by atoms with Crippen LogP contribution in [0.15, 0.2) is 11.4 Å². The molecule has 1 rings (SSSR count). The zero-order chi connectivity index (χ0) is 8.97. The van der Waals surface area contributed by atoms with Crippen LogP contribution in [0.2, 0.25) is 0 Å². The highest BCUT2D eigenvalue weighted by Gasteiger charge is 2.12. The van der Waals surface area contributed by atoms with E-state index in [9.17, 15) is 4.79 Å². The van der Waals surface area contributed by atoms with Crippen LogP contribution < -0.4 is 0 Å². The van der Waals surface area contributed by atoms with Crippen LogP contribution >= 0.6 is 11.3 Å². The summed E-state index contributed by atoms with van der Waals surface area (Å²) in [5, 5.41) is 10.8. The monoisotopic (exact) mass is 186 g/mol. The summed E-state index contributed by atoms with van der Waals surface area (Å²) < 4.78 is 4.83. The van der Waals surface area contributed by atoms with Crippen molar-refractivity contribution in [3.8, 4) is 5.75 Å². The Morgan fingerprint density at radius 3 is 3.00 bits per heavy atom. The summed E-state index contributed by atoms with van der Waals surface area (Å²) >= 11 is 1.18. The molecule has 0 aliphatic rings. The van der Waals surface area contributed by atoms with Gasteiger partial charge in [-0.15, -0.1) is 11.3 Å². The average molecular weight is 186 g/mol. The topological polar surface area (TPSA) is 46.5 Å². The Balaban J connectivity index is 2.59. The molecular formula is C8H10O3S. The molecule has 0 saturated heterocycles. The van der Waals surface area contributed by atoms with Crippen molar-refractivity contribution in [1.29, 1.82) is 0 Å². The van der Waals surface area contributed by atoms with E-state index in [4.69, 9.17) is 9.84 Å². The molecule has 0 aliphatic carbocycles. The van der Waals surface area contributed by atoms with Gasteiger partial charge in [-0.25, -0.2) is 4.79 Å². The molecule has 0 spiro atoms. The van der Waals surface area contributed by atoms with Crippen LogP contribution in [0.25, 0.3) is 0 Å². The molecule has 0 saturated carbocycles. The highest BCUT2D eigenvalue weighted by Crippen LogP contribution is 2.23. The Hall–Kier alpha value is -1.03. The second kappa shape index (κ2) is 4.11. The van der Waals surface area contributed by atoms with E-state index in [1.54, 1.807) is 5.38 Å². The maximum absolute atomic E-state index is 11.1. The van der Waals surface area contributed by atoms with E-state index < -0.39 is 5.97 Å². The van der Waals surface area contributed by atoms with Gasteiger partial charge in [0.05, 0.1) is 6.61 Å². The van der Waals surface area contributed by atoms with Gasteiger partial charge in [0.2, 0.25) is 0 Å². The Morgan fingerprint density at radius 1 is 1.75 bits per heavy atom. The third kappa shape index (κ3) is 1.98. The normalized spacial score (nSPS) is 9.75. The number of aromatic hydroxyl groups is 1. The van der Waals surface area contributed by atoms with Gasteiger partial charge < -0.3 is 9.84 Å². The minimum absolute atomic E-state index is 0.00102. The number of hydrogen-bond donors (Lipinski definition) is 1. The molecule has 66 valence electrons. The van der Waals surface area contributed by atoms with Crippen LogP contribution in [0, 0.1) is 0 Å².